The summed E-state index contributed by atoms with van der Waals surface area (Å²) in [6, 6.07) is 27.0. The Bertz CT molecular complexity index is 1520. The van der Waals surface area contributed by atoms with Gasteiger partial charge in [-0.1, -0.05) is 88.8 Å². The van der Waals surface area contributed by atoms with Crippen molar-refractivity contribution in [2.75, 3.05) is 11.5 Å². The van der Waals surface area contributed by atoms with Crippen molar-refractivity contribution in [3.05, 3.63) is 84.2 Å². The lowest BCUT2D eigenvalue weighted by Crippen LogP contribution is -1.95. The zero-order valence-corrected chi connectivity index (χ0v) is 27.3. The van der Waals surface area contributed by atoms with Crippen molar-refractivity contribution in [1.29, 1.82) is 0 Å². The second kappa shape index (κ2) is 15.1. The quantitative estimate of drug-likeness (QED) is 0.0727. The van der Waals surface area contributed by atoms with E-state index in [1.54, 1.807) is 0 Å². The van der Waals surface area contributed by atoms with Gasteiger partial charge in [0, 0.05) is 32.0 Å². The zero-order chi connectivity index (χ0) is 29.3. The van der Waals surface area contributed by atoms with Gasteiger partial charge in [0.2, 0.25) is 0 Å². The normalized spacial score (nSPS) is 11.5. The van der Waals surface area contributed by atoms with Crippen LogP contribution >= 0.6 is 23.5 Å². The monoisotopic (exact) mass is 592 g/mol. The van der Waals surface area contributed by atoms with E-state index in [0.717, 1.165) is 22.4 Å². The topological polar surface area (TPSA) is 25.8 Å². The molecule has 0 amide bonds. The molecule has 5 rings (SSSR count). The number of hydrogen-bond acceptors (Lipinski definition) is 4. The van der Waals surface area contributed by atoms with Crippen LogP contribution in [0.4, 0.5) is 0 Å². The van der Waals surface area contributed by atoms with Crippen molar-refractivity contribution in [2.45, 2.75) is 88.9 Å². The van der Waals surface area contributed by atoms with E-state index in [4.69, 9.17) is 9.97 Å². The van der Waals surface area contributed by atoms with Gasteiger partial charge in [-0.3, -0.25) is 9.97 Å². The molecule has 0 atom stereocenters. The van der Waals surface area contributed by atoms with Gasteiger partial charge >= 0.3 is 0 Å². The summed E-state index contributed by atoms with van der Waals surface area (Å²) in [5, 5.41) is 2.33. The Balaban J connectivity index is 1.50. The third-order valence-electron chi connectivity index (χ3n) is 7.84. The SMILES string of the molecule is CCCCCCSc1cccc(-c2cc(C)nc3c2ccc2c(-c4cccc(SCCCCCC)c4)cc(C)nc23)c1. The second-order valence-electron chi connectivity index (χ2n) is 11.4. The van der Waals surface area contributed by atoms with E-state index in [9.17, 15) is 0 Å². The van der Waals surface area contributed by atoms with E-state index in [2.05, 4.69) is 100 Å². The highest BCUT2D eigenvalue weighted by Crippen LogP contribution is 2.38. The fourth-order valence-electron chi connectivity index (χ4n) is 5.65. The molecule has 218 valence electrons. The minimum absolute atomic E-state index is 0.992. The lowest BCUT2D eigenvalue weighted by molar-refractivity contribution is 0.706. The van der Waals surface area contributed by atoms with Crippen LogP contribution in [0.15, 0.2) is 82.6 Å². The highest BCUT2D eigenvalue weighted by Gasteiger charge is 2.15. The predicted molar refractivity (Wildman–Crippen MR) is 187 cm³/mol. The largest absolute Gasteiger partial charge is 0.251 e. The molecule has 0 radical (unpaired) electrons. The van der Waals surface area contributed by atoms with Gasteiger partial charge in [-0.25, -0.2) is 0 Å². The van der Waals surface area contributed by atoms with Crippen LogP contribution in [0.2, 0.25) is 0 Å². The number of unbranched alkanes of at least 4 members (excludes halogenated alkanes) is 6. The van der Waals surface area contributed by atoms with Crippen LogP contribution in [0.1, 0.15) is 76.6 Å². The van der Waals surface area contributed by atoms with Crippen LogP contribution in [0.5, 0.6) is 0 Å². The van der Waals surface area contributed by atoms with Crippen molar-refractivity contribution >= 4 is 45.3 Å². The molecule has 0 saturated heterocycles. The lowest BCUT2D eigenvalue weighted by Gasteiger charge is -2.14. The molecule has 0 spiro atoms. The van der Waals surface area contributed by atoms with Crippen LogP contribution in [0, 0.1) is 13.8 Å². The first-order chi connectivity index (χ1) is 20.6. The van der Waals surface area contributed by atoms with Crippen LogP contribution < -0.4 is 0 Å². The second-order valence-corrected chi connectivity index (χ2v) is 13.7. The van der Waals surface area contributed by atoms with E-state index in [-0.39, 0.29) is 0 Å². The van der Waals surface area contributed by atoms with Gasteiger partial charge in [-0.2, -0.15) is 0 Å². The molecule has 0 aliphatic rings. The Kier molecular flexibility index (Phi) is 11.0. The van der Waals surface area contributed by atoms with Gasteiger partial charge in [-0.05, 0) is 96.8 Å². The summed E-state index contributed by atoms with van der Waals surface area (Å²) in [6.45, 7) is 8.75. The van der Waals surface area contributed by atoms with Gasteiger partial charge < -0.3 is 0 Å². The van der Waals surface area contributed by atoms with E-state index >= 15 is 0 Å². The molecule has 0 bridgehead atoms. The molecule has 0 unspecified atom stereocenters. The number of benzene rings is 3. The summed E-state index contributed by atoms with van der Waals surface area (Å²) < 4.78 is 0. The van der Waals surface area contributed by atoms with Gasteiger partial charge in [0.15, 0.2) is 0 Å². The summed E-state index contributed by atoms with van der Waals surface area (Å²) >= 11 is 3.95. The highest BCUT2D eigenvalue weighted by atomic mass is 32.2. The molecule has 3 aromatic carbocycles. The Hall–Kier alpha value is -2.82. The first-order valence-corrected chi connectivity index (χ1v) is 17.7. The average molecular weight is 593 g/mol. The summed E-state index contributed by atoms with van der Waals surface area (Å²) in [6.07, 6.45) is 10.4. The van der Waals surface area contributed by atoms with Gasteiger partial charge in [0.25, 0.3) is 0 Å². The van der Waals surface area contributed by atoms with Gasteiger partial charge in [0.05, 0.1) is 11.0 Å². The molecular formula is C38H44N2S2. The summed E-state index contributed by atoms with van der Waals surface area (Å²) in [7, 11) is 0. The van der Waals surface area contributed by atoms with Crippen LogP contribution in [0.3, 0.4) is 0 Å². The first-order valence-electron chi connectivity index (χ1n) is 15.8. The van der Waals surface area contributed by atoms with Crippen LogP contribution in [-0.4, -0.2) is 21.5 Å². The number of aromatic nitrogens is 2. The fourth-order valence-corrected chi connectivity index (χ4v) is 7.59. The molecule has 0 N–H and O–H groups in total. The van der Waals surface area contributed by atoms with Crippen LogP contribution in [-0.2, 0) is 0 Å². The standard InChI is InChI=1S/C38H44N2S2/c1-5-7-9-11-21-41-31-17-13-15-29(25-31)35-23-27(3)39-37-33(35)19-20-34-36(24-28(4)40-38(34)37)30-16-14-18-32(26-30)42-22-12-10-8-6-2/h13-20,23-26H,5-12,21-22H2,1-4H3. The molecule has 2 heterocycles. The Labute approximate surface area is 261 Å². The summed E-state index contributed by atoms with van der Waals surface area (Å²) in [5.41, 5.74) is 9.00. The number of fused-ring (bicyclic) bond motifs is 3. The first kappa shape index (κ1) is 30.6. The van der Waals surface area contributed by atoms with E-state index in [1.807, 2.05) is 23.5 Å². The van der Waals surface area contributed by atoms with Crippen molar-refractivity contribution in [2.24, 2.45) is 0 Å². The lowest BCUT2D eigenvalue weighted by atomic mass is 9.95. The third kappa shape index (κ3) is 7.57. The Morgan fingerprint density at radius 1 is 0.524 bits per heavy atom. The molecular weight excluding hydrogens is 549 g/mol. The minimum Gasteiger partial charge on any atom is -0.251 e. The van der Waals surface area contributed by atoms with E-state index in [1.165, 1.54) is 106 Å². The Morgan fingerprint density at radius 2 is 0.976 bits per heavy atom. The number of aryl methyl sites for hydroxylation is 2. The van der Waals surface area contributed by atoms with Crippen molar-refractivity contribution in [1.82, 2.24) is 9.97 Å². The maximum Gasteiger partial charge on any atom is 0.0974 e. The number of pyridine rings is 2. The number of hydrogen-bond donors (Lipinski definition) is 0. The minimum atomic E-state index is 0.992. The molecule has 0 saturated carbocycles. The fraction of sp³-hybridized carbons (Fsp3) is 0.368. The van der Waals surface area contributed by atoms with Crippen LogP contribution in [0.25, 0.3) is 44.1 Å². The van der Waals surface area contributed by atoms with E-state index in [0.29, 0.717) is 0 Å². The third-order valence-corrected chi connectivity index (χ3v) is 10.00. The average Bonchev–Trinajstić information content (AvgIpc) is 3.00. The zero-order valence-electron chi connectivity index (χ0n) is 25.7. The van der Waals surface area contributed by atoms with Gasteiger partial charge in [0.1, 0.15) is 0 Å². The predicted octanol–water partition coefficient (Wildman–Crippen LogP) is 12.1. The molecule has 42 heavy (non-hydrogen) atoms. The maximum atomic E-state index is 5.08. The highest BCUT2D eigenvalue weighted by molar-refractivity contribution is 7.99. The smallest absolute Gasteiger partial charge is 0.0974 e. The van der Waals surface area contributed by atoms with Gasteiger partial charge in [-0.15, -0.1) is 23.5 Å². The Morgan fingerprint density at radius 3 is 1.40 bits per heavy atom. The number of rotatable bonds is 14. The number of nitrogens with zero attached hydrogens (tertiary/aromatic N) is 2. The van der Waals surface area contributed by atoms with Crippen molar-refractivity contribution < 1.29 is 0 Å². The molecule has 4 heteroatoms. The van der Waals surface area contributed by atoms with Crippen molar-refractivity contribution in [3.8, 4) is 22.3 Å². The van der Waals surface area contributed by atoms with E-state index < -0.39 is 0 Å². The molecule has 5 aromatic rings. The molecule has 2 nitrogen and oxygen atoms in total. The molecule has 0 aliphatic heterocycles. The maximum absolute atomic E-state index is 5.08. The number of thioether (sulfide) groups is 2. The molecule has 0 aliphatic carbocycles. The van der Waals surface area contributed by atoms with Crippen molar-refractivity contribution in [3.63, 3.8) is 0 Å². The molecule has 2 aromatic heterocycles. The summed E-state index contributed by atoms with van der Waals surface area (Å²) in [5.74, 6) is 2.35. The molecule has 0 fully saturated rings. The summed E-state index contributed by atoms with van der Waals surface area (Å²) in [4.78, 5) is 12.8.